The van der Waals surface area contributed by atoms with E-state index in [0.717, 1.165) is 12.3 Å². The van der Waals surface area contributed by atoms with Gasteiger partial charge in [0.05, 0.1) is 16.4 Å². The fourth-order valence-electron chi connectivity index (χ4n) is 2.05. The molecule has 1 aromatic rings. The predicted molar refractivity (Wildman–Crippen MR) is 75.0 cm³/mol. The Morgan fingerprint density at radius 3 is 2.62 bits per heavy atom. The zero-order valence-corrected chi connectivity index (χ0v) is 12.4. The van der Waals surface area contributed by atoms with Crippen molar-refractivity contribution in [1.82, 2.24) is 10.3 Å². The van der Waals surface area contributed by atoms with E-state index in [0.29, 0.717) is 12.8 Å². The Balaban J connectivity index is 2.14. The Morgan fingerprint density at radius 1 is 1.43 bits per heavy atom. The molecule has 0 saturated carbocycles. The number of nitrogens with zero attached hydrogens (tertiary/aromatic N) is 2. The zero-order chi connectivity index (χ0) is 15.6. The van der Waals surface area contributed by atoms with Crippen LogP contribution in [0.2, 0.25) is 5.15 Å². The van der Waals surface area contributed by atoms with E-state index in [4.69, 9.17) is 11.6 Å². The fourth-order valence-corrected chi connectivity index (χ4v) is 3.70. The molecule has 0 aliphatic carbocycles. The number of hydrogen-bond donors (Lipinski definition) is 1. The summed E-state index contributed by atoms with van der Waals surface area (Å²) in [6.45, 7) is 0. The van der Waals surface area contributed by atoms with Crippen LogP contribution in [0.15, 0.2) is 12.3 Å². The van der Waals surface area contributed by atoms with E-state index in [-0.39, 0.29) is 28.3 Å². The molecule has 0 aromatic carbocycles. The van der Waals surface area contributed by atoms with Crippen molar-refractivity contribution in [1.29, 1.82) is 0 Å². The molecule has 1 N–H and O–H groups in total. The lowest BCUT2D eigenvalue weighted by molar-refractivity contribution is -0.385. The lowest BCUT2D eigenvalue weighted by Gasteiger charge is -2.22. The highest BCUT2D eigenvalue weighted by molar-refractivity contribution is 7.91. The van der Waals surface area contributed by atoms with Crippen LogP contribution < -0.4 is 5.32 Å². The molecule has 10 heteroatoms. The standard InChI is InChI=1S/C11H12ClN3O5S/c12-10-5-8(9(6-13-10)15(17)18)11(16)14-7-1-3-21(19,20)4-2-7/h5-7H,1-4H2,(H,14,16). The van der Waals surface area contributed by atoms with Crippen LogP contribution in [-0.4, -0.2) is 41.8 Å². The van der Waals surface area contributed by atoms with Gasteiger partial charge in [0.1, 0.15) is 26.8 Å². The number of nitrogens with one attached hydrogen (secondary N) is 1. The van der Waals surface area contributed by atoms with Crippen LogP contribution in [0.25, 0.3) is 0 Å². The van der Waals surface area contributed by atoms with Crippen LogP contribution in [0.1, 0.15) is 23.2 Å². The zero-order valence-electron chi connectivity index (χ0n) is 10.8. The van der Waals surface area contributed by atoms with E-state index in [9.17, 15) is 23.3 Å². The summed E-state index contributed by atoms with van der Waals surface area (Å²) in [5, 5.41) is 13.4. The minimum Gasteiger partial charge on any atom is -0.349 e. The molecule has 0 atom stereocenters. The van der Waals surface area contributed by atoms with Crippen LogP contribution in [0, 0.1) is 10.1 Å². The average Bonchev–Trinajstić information content (AvgIpc) is 2.40. The van der Waals surface area contributed by atoms with Crippen molar-refractivity contribution in [2.45, 2.75) is 18.9 Å². The lowest BCUT2D eigenvalue weighted by Crippen LogP contribution is -2.41. The first kappa shape index (κ1) is 15.6. The number of amides is 1. The second kappa shape index (κ2) is 5.94. The molecule has 0 radical (unpaired) electrons. The number of sulfone groups is 1. The third kappa shape index (κ3) is 3.88. The van der Waals surface area contributed by atoms with Crippen LogP contribution in [0.3, 0.4) is 0 Å². The molecule has 1 amide bonds. The number of hydrogen-bond acceptors (Lipinski definition) is 6. The Hall–Kier alpha value is -1.74. The molecule has 0 unspecified atom stereocenters. The highest BCUT2D eigenvalue weighted by atomic mass is 35.5. The molecular formula is C11H12ClN3O5S. The highest BCUT2D eigenvalue weighted by Crippen LogP contribution is 2.21. The van der Waals surface area contributed by atoms with Crippen molar-refractivity contribution in [3.05, 3.63) is 33.1 Å². The molecule has 2 heterocycles. The Kier molecular flexibility index (Phi) is 4.43. The number of carbonyl (C=O) groups excluding carboxylic acids is 1. The molecule has 8 nitrogen and oxygen atoms in total. The van der Waals surface area contributed by atoms with Gasteiger partial charge in [-0.3, -0.25) is 14.9 Å². The van der Waals surface area contributed by atoms with Crippen molar-refractivity contribution in [2.24, 2.45) is 0 Å². The topological polar surface area (TPSA) is 119 Å². The Labute approximate surface area is 125 Å². The van der Waals surface area contributed by atoms with Gasteiger partial charge in [0.25, 0.3) is 11.6 Å². The van der Waals surface area contributed by atoms with E-state index in [1.807, 2.05) is 0 Å². The van der Waals surface area contributed by atoms with E-state index < -0.39 is 26.4 Å². The van der Waals surface area contributed by atoms with E-state index in [1.165, 1.54) is 0 Å². The van der Waals surface area contributed by atoms with Gasteiger partial charge in [-0.25, -0.2) is 13.4 Å². The number of nitro groups is 1. The molecule has 2 rings (SSSR count). The van der Waals surface area contributed by atoms with E-state index in [1.54, 1.807) is 0 Å². The molecular weight excluding hydrogens is 322 g/mol. The van der Waals surface area contributed by atoms with E-state index in [2.05, 4.69) is 10.3 Å². The van der Waals surface area contributed by atoms with Crippen molar-refractivity contribution < 1.29 is 18.1 Å². The molecule has 0 bridgehead atoms. The second-order valence-corrected chi connectivity index (χ2v) is 7.37. The van der Waals surface area contributed by atoms with Crippen molar-refractivity contribution in [2.75, 3.05) is 11.5 Å². The maximum absolute atomic E-state index is 12.1. The molecule has 1 aliphatic heterocycles. The summed E-state index contributed by atoms with van der Waals surface area (Å²) < 4.78 is 22.6. The summed E-state index contributed by atoms with van der Waals surface area (Å²) in [6.07, 6.45) is 1.50. The van der Waals surface area contributed by atoms with Crippen molar-refractivity contribution in [3.63, 3.8) is 0 Å². The number of pyridine rings is 1. The number of aromatic nitrogens is 1. The summed E-state index contributed by atoms with van der Waals surface area (Å²) in [5.74, 6) is -0.663. The quantitative estimate of drug-likeness (QED) is 0.499. The van der Waals surface area contributed by atoms with Crippen LogP contribution in [0.4, 0.5) is 5.69 Å². The van der Waals surface area contributed by atoms with Gasteiger partial charge in [0, 0.05) is 6.04 Å². The Morgan fingerprint density at radius 2 is 2.05 bits per heavy atom. The third-order valence-corrected chi connectivity index (χ3v) is 5.10. The van der Waals surface area contributed by atoms with Gasteiger partial charge in [-0.05, 0) is 18.9 Å². The van der Waals surface area contributed by atoms with Crippen LogP contribution >= 0.6 is 11.6 Å². The fraction of sp³-hybridized carbons (Fsp3) is 0.455. The lowest BCUT2D eigenvalue weighted by atomic mass is 10.1. The molecule has 114 valence electrons. The average molecular weight is 334 g/mol. The normalized spacial score (nSPS) is 18.1. The summed E-state index contributed by atoms with van der Waals surface area (Å²) >= 11 is 5.65. The predicted octanol–water partition coefficient (Wildman–Crippen LogP) is 0.950. The first-order chi connectivity index (χ1) is 9.78. The van der Waals surface area contributed by atoms with Crippen LogP contribution in [0.5, 0.6) is 0 Å². The van der Waals surface area contributed by atoms with Gasteiger partial charge in [-0.1, -0.05) is 11.6 Å². The summed E-state index contributed by atoms with van der Waals surface area (Å²) in [6, 6.07) is 0.793. The minimum atomic E-state index is -3.04. The Bertz CT molecular complexity index is 677. The summed E-state index contributed by atoms with van der Waals surface area (Å²) in [5.41, 5.74) is -0.631. The largest absolute Gasteiger partial charge is 0.349 e. The number of halogens is 1. The number of carbonyl (C=O) groups is 1. The summed E-state index contributed by atoms with van der Waals surface area (Å²) in [4.78, 5) is 25.8. The molecule has 0 spiro atoms. The van der Waals surface area contributed by atoms with Gasteiger partial charge < -0.3 is 5.32 Å². The summed E-state index contributed by atoms with van der Waals surface area (Å²) in [7, 11) is -3.04. The van der Waals surface area contributed by atoms with Gasteiger partial charge in [0.2, 0.25) is 0 Å². The maximum atomic E-state index is 12.1. The monoisotopic (exact) mass is 333 g/mol. The van der Waals surface area contributed by atoms with Crippen molar-refractivity contribution in [3.8, 4) is 0 Å². The minimum absolute atomic E-state index is 0.00284. The smallest absolute Gasteiger partial charge is 0.300 e. The highest BCUT2D eigenvalue weighted by Gasteiger charge is 2.27. The van der Waals surface area contributed by atoms with Crippen LogP contribution in [-0.2, 0) is 9.84 Å². The number of rotatable bonds is 3. The molecule has 1 saturated heterocycles. The molecule has 21 heavy (non-hydrogen) atoms. The second-order valence-electron chi connectivity index (χ2n) is 4.68. The van der Waals surface area contributed by atoms with Gasteiger partial charge in [0.15, 0.2) is 0 Å². The van der Waals surface area contributed by atoms with Gasteiger partial charge >= 0.3 is 0 Å². The van der Waals surface area contributed by atoms with Crippen molar-refractivity contribution >= 4 is 33.0 Å². The first-order valence-corrected chi connectivity index (χ1v) is 8.29. The molecule has 1 aliphatic rings. The maximum Gasteiger partial charge on any atom is 0.300 e. The van der Waals surface area contributed by atoms with Gasteiger partial charge in [-0.15, -0.1) is 0 Å². The SMILES string of the molecule is O=C(NC1CCS(=O)(=O)CC1)c1cc(Cl)ncc1[N+](=O)[O-]. The first-order valence-electron chi connectivity index (χ1n) is 6.10. The third-order valence-electron chi connectivity index (χ3n) is 3.18. The van der Waals surface area contributed by atoms with E-state index >= 15 is 0 Å². The molecule has 1 fully saturated rings. The van der Waals surface area contributed by atoms with Gasteiger partial charge in [-0.2, -0.15) is 0 Å². The molecule has 1 aromatic heterocycles.